The second-order valence-electron chi connectivity index (χ2n) is 7.12. The van der Waals surface area contributed by atoms with E-state index in [0.717, 1.165) is 21.4 Å². The van der Waals surface area contributed by atoms with Gasteiger partial charge in [0.1, 0.15) is 0 Å². The number of benzene rings is 2. The van der Waals surface area contributed by atoms with E-state index in [0.29, 0.717) is 23.5 Å². The fourth-order valence-electron chi connectivity index (χ4n) is 3.75. The van der Waals surface area contributed by atoms with Crippen molar-refractivity contribution in [1.29, 1.82) is 0 Å². The summed E-state index contributed by atoms with van der Waals surface area (Å²) >= 11 is 1.62. The Morgan fingerprint density at radius 1 is 1.03 bits per heavy atom. The Bertz CT molecular complexity index is 1380. The molecule has 5 rings (SSSR count). The van der Waals surface area contributed by atoms with Crippen LogP contribution >= 0.6 is 11.8 Å². The molecule has 0 unspecified atom stereocenters. The first-order valence-corrected chi connectivity index (χ1v) is 11.8. The van der Waals surface area contributed by atoms with Gasteiger partial charge in [0.05, 0.1) is 10.6 Å². The van der Waals surface area contributed by atoms with Crippen LogP contribution in [0.1, 0.15) is 0 Å². The van der Waals surface area contributed by atoms with Crippen LogP contribution in [-0.2, 0) is 17.1 Å². The van der Waals surface area contributed by atoms with E-state index in [4.69, 9.17) is 0 Å². The number of hydrogen-bond acceptors (Lipinski definition) is 4. The lowest BCUT2D eigenvalue weighted by atomic mass is 10.1. The topological polar surface area (TPSA) is 55.2 Å². The van der Waals surface area contributed by atoms with E-state index in [9.17, 15) is 12.8 Å². The first-order valence-electron chi connectivity index (χ1n) is 9.40. The Morgan fingerprint density at radius 3 is 2.70 bits per heavy atom. The molecule has 0 fully saturated rings. The normalized spacial score (nSPS) is 14.1. The molecule has 2 aromatic heterocycles. The highest BCUT2D eigenvalue weighted by molar-refractivity contribution is 8.00. The molecule has 0 bridgehead atoms. The Kier molecular flexibility index (Phi) is 4.56. The summed E-state index contributed by atoms with van der Waals surface area (Å²) in [5.41, 5.74) is 3.00. The van der Waals surface area contributed by atoms with Crippen LogP contribution in [0.2, 0.25) is 0 Å². The molecule has 1 aliphatic heterocycles. The van der Waals surface area contributed by atoms with Gasteiger partial charge in [-0.2, -0.15) is 4.39 Å². The van der Waals surface area contributed by atoms with Crippen LogP contribution in [0.4, 0.5) is 10.1 Å². The molecule has 0 spiro atoms. The van der Waals surface area contributed by atoms with Gasteiger partial charge in [-0.25, -0.2) is 13.4 Å². The highest BCUT2D eigenvalue weighted by Crippen LogP contribution is 2.40. The zero-order chi connectivity index (χ0) is 20.9. The Balaban J connectivity index is 1.61. The van der Waals surface area contributed by atoms with Crippen molar-refractivity contribution >= 4 is 38.4 Å². The van der Waals surface area contributed by atoms with Crippen molar-refractivity contribution in [2.24, 2.45) is 7.05 Å². The molecule has 0 atom stereocenters. The zero-order valence-corrected chi connectivity index (χ0v) is 17.8. The standard InChI is InChI=1S/C22H18FN3O2S2/c1-25-9-7-17-12-18(3-4-19(17)25)30(27,28)26-10-11-29-21-5-2-15(13-20(21)26)16-6-8-24-22(23)14-16/h2-9,12-14H,10-11H2,1H3. The molecule has 1 aliphatic rings. The molecular formula is C22H18FN3O2S2. The molecule has 4 aromatic rings. The molecule has 152 valence electrons. The van der Waals surface area contributed by atoms with Crippen molar-refractivity contribution in [3.05, 3.63) is 72.9 Å². The number of nitrogens with zero attached hydrogens (tertiary/aromatic N) is 3. The quantitative estimate of drug-likeness (QED) is 0.435. The zero-order valence-electron chi connectivity index (χ0n) is 16.1. The SMILES string of the molecule is Cn1ccc2cc(S(=O)(=O)N3CCSc4ccc(-c5ccnc(F)c5)cc43)ccc21. The second kappa shape index (κ2) is 7.14. The Morgan fingerprint density at radius 2 is 1.87 bits per heavy atom. The molecule has 0 N–H and O–H groups in total. The van der Waals surface area contributed by atoms with Gasteiger partial charge in [0, 0.05) is 53.6 Å². The van der Waals surface area contributed by atoms with Crippen LogP contribution in [0.5, 0.6) is 0 Å². The summed E-state index contributed by atoms with van der Waals surface area (Å²) in [6.07, 6.45) is 3.32. The van der Waals surface area contributed by atoms with Crippen molar-refractivity contribution < 1.29 is 12.8 Å². The summed E-state index contributed by atoms with van der Waals surface area (Å²) in [4.78, 5) is 4.75. The van der Waals surface area contributed by atoms with E-state index in [-0.39, 0.29) is 4.90 Å². The minimum absolute atomic E-state index is 0.263. The first-order chi connectivity index (χ1) is 14.4. The van der Waals surface area contributed by atoms with Crippen molar-refractivity contribution in [3.63, 3.8) is 0 Å². The van der Waals surface area contributed by atoms with Crippen LogP contribution in [-0.4, -0.2) is 30.3 Å². The van der Waals surface area contributed by atoms with E-state index in [2.05, 4.69) is 4.98 Å². The fourth-order valence-corrected chi connectivity index (χ4v) is 6.41. The number of thioether (sulfide) groups is 1. The molecule has 0 saturated heterocycles. The first kappa shape index (κ1) is 19.1. The van der Waals surface area contributed by atoms with Crippen LogP contribution in [0.3, 0.4) is 0 Å². The number of sulfonamides is 1. The summed E-state index contributed by atoms with van der Waals surface area (Å²) in [5, 5.41) is 0.881. The summed E-state index contributed by atoms with van der Waals surface area (Å²) in [6, 6.07) is 15.8. The lowest BCUT2D eigenvalue weighted by Gasteiger charge is -2.30. The average Bonchev–Trinajstić information content (AvgIpc) is 3.13. The Labute approximate surface area is 178 Å². The van der Waals surface area contributed by atoms with Gasteiger partial charge >= 0.3 is 0 Å². The molecule has 0 radical (unpaired) electrons. The maximum Gasteiger partial charge on any atom is 0.264 e. The van der Waals surface area contributed by atoms with Crippen LogP contribution < -0.4 is 4.31 Å². The molecule has 0 saturated carbocycles. The van der Waals surface area contributed by atoms with E-state index in [1.54, 1.807) is 30.0 Å². The molecule has 5 nitrogen and oxygen atoms in total. The van der Waals surface area contributed by atoms with Gasteiger partial charge in [0.15, 0.2) is 0 Å². The largest absolute Gasteiger partial charge is 0.351 e. The molecular weight excluding hydrogens is 421 g/mol. The number of fused-ring (bicyclic) bond motifs is 2. The second-order valence-corrected chi connectivity index (χ2v) is 10.1. The summed E-state index contributed by atoms with van der Waals surface area (Å²) in [5.74, 6) is 0.100. The van der Waals surface area contributed by atoms with Gasteiger partial charge in [0.25, 0.3) is 10.0 Å². The number of pyridine rings is 1. The number of aryl methyl sites for hydroxylation is 1. The van der Waals surface area contributed by atoms with E-state index >= 15 is 0 Å². The third-order valence-electron chi connectivity index (χ3n) is 5.28. The minimum Gasteiger partial charge on any atom is -0.351 e. The predicted octanol–water partition coefficient (Wildman–Crippen LogP) is 4.68. The number of anilines is 1. The van der Waals surface area contributed by atoms with E-state index < -0.39 is 16.0 Å². The average molecular weight is 440 g/mol. The van der Waals surface area contributed by atoms with Crippen molar-refractivity contribution in [1.82, 2.24) is 9.55 Å². The highest BCUT2D eigenvalue weighted by Gasteiger charge is 2.30. The monoisotopic (exact) mass is 439 g/mol. The summed E-state index contributed by atoms with van der Waals surface area (Å²) in [7, 11) is -1.81. The molecule has 30 heavy (non-hydrogen) atoms. The smallest absolute Gasteiger partial charge is 0.264 e. The number of hydrogen-bond donors (Lipinski definition) is 0. The van der Waals surface area contributed by atoms with E-state index in [1.807, 2.05) is 48.1 Å². The third-order valence-corrected chi connectivity index (χ3v) is 8.14. The van der Waals surface area contributed by atoms with Gasteiger partial charge < -0.3 is 4.57 Å². The summed E-state index contributed by atoms with van der Waals surface area (Å²) < 4.78 is 44.1. The van der Waals surface area contributed by atoms with Gasteiger partial charge in [0.2, 0.25) is 5.95 Å². The van der Waals surface area contributed by atoms with Crippen molar-refractivity contribution in [3.8, 4) is 11.1 Å². The van der Waals surface area contributed by atoms with Crippen molar-refractivity contribution in [2.75, 3.05) is 16.6 Å². The fraction of sp³-hybridized carbons (Fsp3) is 0.136. The predicted molar refractivity (Wildman–Crippen MR) is 118 cm³/mol. The molecule has 2 aromatic carbocycles. The maximum absolute atomic E-state index is 13.6. The van der Waals surface area contributed by atoms with Gasteiger partial charge in [-0.15, -0.1) is 11.8 Å². The number of aromatic nitrogens is 2. The van der Waals surface area contributed by atoms with Gasteiger partial charge in [-0.3, -0.25) is 4.31 Å². The number of halogens is 1. The Hall–Kier alpha value is -2.84. The highest BCUT2D eigenvalue weighted by atomic mass is 32.2. The number of rotatable bonds is 3. The van der Waals surface area contributed by atoms with Gasteiger partial charge in [-0.05, 0) is 53.6 Å². The molecule has 0 amide bonds. The molecule has 8 heteroatoms. The van der Waals surface area contributed by atoms with Crippen molar-refractivity contribution in [2.45, 2.75) is 9.79 Å². The lowest BCUT2D eigenvalue weighted by molar-refractivity contribution is 0.584. The third kappa shape index (κ3) is 3.16. The van der Waals surface area contributed by atoms with Crippen LogP contribution in [0.25, 0.3) is 22.0 Å². The molecule has 0 aliphatic carbocycles. The van der Waals surface area contributed by atoms with E-state index in [1.165, 1.54) is 16.6 Å². The molecule has 3 heterocycles. The lowest BCUT2D eigenvalue weighted by Crippen LogP contribution is -2.35. The maximum atomic E-state index is 13.6. The summed E-state index contributed by atoms with van der Waals surface area (Å²) in [6.45, 7) is 0.376. The van der Waals surface area contributed by atoms with Crippen LogP contribution in [0.15, 0.2) is 76.8 Å². The van der Waals surface area contributed by atoms with Crippen LogP contribution in [0, 0.1) is 5.95 Å². The van der Waals surface area contributed by atoms with Gasteiger partial charge in [-0.1, -0.05) is 6.07 Å². The minimum atomic E-state index is -3.74.